The summed E-state index contributed by atoms with van der Waals surface area (Å²) in [6.45, 7) is 20.1. The highest BCUT2D eigenvalue weighted by Crippen LogP contribution is 2.40. The summed E-state index contributed by atoms with van der Waals surface area (Å²) >= 11 is 0. The molecule has 142 valence electrons. The SMILES string of the molecule is CC.CCn1cc(C)c(C2CC2)n1.Cc1nn(C(C)C)cc1C(C)C. The zero-order valence-electron chi connectivity index (χ0n) is 17.8. The first-order valence-corrected chi connectivity index (χ1v) is 9.93. The van der Waals surface area contributed by atoms with Gasteiger partial charge in [-0.25, -0.2) is 0 Å². The highest BCUT2D eigenvalue weighted by molar-refractivity contribution is 5.23. The van der Waals surface area contributed by atoms with E-state index in [0.717, 1.165) is 12.5 Å². The summed E-state index contributed by atoms with van der Waals surface area (Å²) in [6.07, 6.45) is 7.00. The zero-order chi connectivity index (χ0) is 19.1. The highest BCUT2D eigenvalue weighted by Gasteiger charge is 2.27. The summed E-state index contributed by atoms with van der Waals surface area (Å²) in [5, 5.41) is 8.96. The molecule has 1 saturated carbocycles. The second kappa shape index (κ2) is 9.79. The van der Waals surface area contributed by atoms with E-state index in [-0.39, 0.29) is 0 Å². The van der Waals surface area contributed by atoms with Gasteiger partial charge in [0, 0.05) is 30.9 Å². The molecule has 0 aliphatic heterocycles. The maximum absolute atomic E-state index is 4.51. The van der Waals surface area contributed by atoms with Crippen molar-refractivity contribution in [2.24, 2.45) is 0 Å². The fourth-order valence-electron chi connectivity index (χ4n) is 2.79. The number of aryl methyl sites for hydroxylation is 3. The molecule has 0 spiro atoms. The van der Waals surface area contributed by atoms with Gasteiger partial charge in [0.25, 0.3) is 0 Å². The maximum atomic E-state index is 4.51. The van der Waals surface area contributed by atoms with Crippen molar-refractivity contribution in [3.05, 3.63) is 34.9 Å². The van der Waals surface area contributed by atoms with Gasteiger partial charge in [0.1, 0.15) is 0 Å². The van der Waals surface area contributed by atoms with Gasteiger partial charge < -0.3 is 0 Å². The van der Waals surface area contributed by atoms with Crippen LogP contribution in [0.15, 0.2) is 12.4 Å². The standard InChI is InChI=1S/C10H18N2.C9H14N2.C2H6/c1-7(2)10-6-12(8(3)4)11-9(10)5;1-3-11-6-7(2)9(10-11)8-4-5-8;1-2/h6-8H,1-5H3;6,8H,3-5H2,1-2H3;1-2H3. The van der Waals surface area contributed by atoms with Crippen LogP contribution >= 0.6 is 0 Å². The molecule has 2 aromatic heterocycles. The maximum Gasteiger partial charge on any atom is 0.0684 e. The van der Waals surface area contributed by atoms with Gasteiger partial charge in [-0.2, -0.15) is 10.2 Å². The molecule has 0 aromatic carbocycles. The molecule has 0 amide bonds. The van der Waals surface area contributed by atoms with Crippen molar-refractivity contribution in [1.29, 1.82) is 0 Å². The number of hydrogen-bond acceptors (Lipinski definition) is 2. The summed E-state index contributed by atoms with van der Waals surface area (Å²) < 4.78 is 4.06. The van der Waals surface area contributed by atoms with Gasteiger partial charge in [-0.3, -0.25) is 9.36 Å². The second-order valence-corrected chi connectivity index (χ2v) is 7.23. The van der Waals surface area contributed by atoms with Crippen molar-refractivity contribution in [3.8, 4) is 0 Å². The zero-order valence-corrected chi connectivity index (χ0v) is 17.8. The predicted molar refractivity (Wildman–Crippen MR) is 107 cm³/mol. The topological polar surface area (TPSA) is 35.6 Å². The molecule has 25 heavy (non-hydrogen) atoms. The minimum Gasteiger partial charge on any atom is -0.272 e. The van der Waals surface area contributed by atoms with E-state index in [0.29, 0.717) is 12.0 Å². The van der Waals surface area contributed by atoms with E-state index >= 15 is 0 Å². The first kappa shape index (κ1) is 21.5. The minimum atomic E-state index is 0.469. The minimum absolute atomic E-state index is 0.469. The Bertz CT molecular complexity index is 630. The Balaban J connectivity index is 0.000000228. The van der Waals surface area contributed by atoms with Gasteiger partial charge in [0.15, 0.2) is 0 Å². The molecule has 0 saturated heterocycles. The molecule has 1 fully saturated rings. The van der Waals surface area contributed by atoms with Crippen molar-refractivity contribution >= 4 is 0 Å². The lowest BCUT2D eigenvalue weighted by molar-refractivity contribution is 0.528. The third-order valence-electron chi connectivity index (χ3n) is 4.38. The Labute approximate surface area is 154 Å². The largest absolute Gasteiger partial charge is 0.272 e. The summed E-state index contributed by atoms with van der Waals surface area (Å²) in [6, 6.07) is 0.469. The first-order valence-electron chi connectivity index (χ1n) is 9.93. The molecule has 1 aliphatic rings. The van der Waals surface area contributed by atoms with Gasteiger partial charge in [0.05, 0.1) is 11.4 Å². The van der Waals surface area contributed by atoms with Crippen molar-refractivity contribution in [1.82, 2.24) is 19.6 Å². The van der Waals surface area contributed by atoms with Gasteiger partial charge in [-0.1, -0.05) is 27.7 Å². The normalized spacial score (nSPS) is 13.4. The highest BCUT2D eigenvalue weighted by atomic mass is 15.3. The number of hydrogen-bond donors (Lipinski definition) is 0. The monoisotopic (exact) mass is 346 g/mol. The van der Waals surface area contributed by atoms with E-state index in [9.17, 15) is 0 Å². The molecule has 0 atom stereocenters. The predicted octanol–water partition coefficient (Wildman–Crippen LogP) is 6.01. The van der Waals surface area contributed by atoms with E-state index in [1.165, 1.54) is 35.4 Å². The lowest BCUT2D eigenvalue weighted by atomic mass is 10.1. The molecule has 4 nitrogen and oxygen atoms in total. The molecule has 2 aromatic rings. The summed E-state index contributed by atoms with van der Waals surface area (Å²) in [4.78, 5) is 0. The average Bonchev–Trinajstić information content (AvgIpc) is 3.23. The Morgan fingerprint density at radius 3 is 1.96 bits per heavy atom. The van der Waals surface area contributed by atoms with Crippen LogP contribution in [0.25, 0.3) is 0 Å². The average molecular weight is 347 g/mol. The van der Waals surface area contributed by atoms with Crippen LogP contribution in [0.4, 0.5) is 0 Å². The smallest absolute Gasteiger partial charge is 0.0684 e. The van der Waals surface area contributed by atoms with E-state index in [2.05, 4.69) is 71.1 Å². The van der Waals surface area contributed by atoms with Gasteiger partial charge >= 0.3 is 0 Å². The van der Waals surface area contributed by atoms with Gasteiger partial charge in [0.2, 0.25) is 0 Å². The van der Waals surface area contributed by atoms with Crippen LogP contribution in [-0.2, 0) is 6.54 Å². The number of nitrogens with zero attached hydrogens (tertiary/aromatic N) is 4. The van der Waals surface area contributed by atoms with Crippen LogP contribution in [0.2, 0.25) is 0 Å². The summed E-state index contributed by atoms with van der Waals surface area (Å²) in [7, 11) is 0. The Kier molecular flexibility index (Phi) is 8.40. The first-order chi connectivity index (χ1) is 11.8. The lowest BCUT2D eigenvalue weighted by Gasteiger charge is -2.03. The Morgan fingerprint density at radius 1 is 1.04 bits per heavy atom. The third kappa shape index (κ3) is 6.02. The van der Waals surface area contributed by atoms with Crippen molar-refractivity contribution in [2.45, 2.75) is 99.6 Å². The van der Waals surface area contributed by atoms with Crippen LogP contribution in [0.5, 0.6) is 0 Å². The Hall–Kier alpha value is -1.58. The van der Waals surface area contributed by atoms with E-state index < -0.39 is 0 Å². The molecule has 0 bridgehead atoms. The van der Waals surface area contributed by atoms with Gasteiger partial charge in [-0.15, -0.1) is 0 Å². The molecule has 4 heteroatoms. The fraction of sp³-hybridized carbons (Fsp3) is 0.714. The number of aromatic nitrogens is 4. The van der Waals surface area contributed by atoms with Crippen LogP contribution in [0, 0.1) is 13.8 Å². The molecule has 2 heterocycles. The quantitative estimate of drug-likeness (QED) is 0.679. The lowest BCUT2D eigenvalue weighted by Crippen LogP contribution is -2.00. The van der Waals surface area contributed by atoms with E-state index in [1.54, 1.807) is 0 Å². The van der Waals surface area contributed by atoms with E-state index in [1.807, 2.05) is 23.2 Å². The number of rotatable bonds is 4. The molecule has 0 radical (unpaired) electrons. The third-order valence-corrected chi connectivity index (χ3v) is 4.38. The molecular formula is C21H38N4. The summed E-state index contributed by atoms with van der Waals surface area (Å²) in [5.41, 5.74) is 5.24. The van der Waals surface area contributed by atoms with Crippen LogP contribution in [0.3, 0.4) is 0 Å². The van der Waals surface area contributed by atoms with Crippen LogP contribution in [-0.4, -0.2) is 19.6 Å². The molecule has 1 aliphatic carbocycles. The summed E-state index contributed by atoms with van der Waals surface area (Å²) in [5.74, 6) is 1.38. The van der Waals surface area contributed by atoms with Crippen molar-refractivity contribution in [3.63, 3.8) is 0 Å². The Morgan fingerprint density at radius 2 is 1.64 bits per heavy atom. The molecular weight excluding hydrogens is 308 g/mol. The van der Waals surface area contributed by atoms with Crippen LogP contribution in [0.1, 0.15) is 102 Å². The molecule has 0 unspecified atom stereocenters. The molecule has 3 rings (SSSR count). The van der Waals surface area contributed by atoms with Crippen molar-refractivity contribution in [2.75, 3.05) is 0 Å². The molecule has 0 N–H and O–H groups in total. The second-order valence-electron chi connectivity index (χ2n) is 7.23. The fourth-order valence-corrected chi connectivity index (χ4v) is 2.79. The van der Waals surface area contributed by atoms with E-state index in [4.69, 9.17) is 0 Å². The van der Waals surface area contributed by atoms with Crippen molar-refractivity contribution < 1.29 is 0 Å². The van der Waals surface area contributed by atoms with Gasteiger partial charge in [-0.05, 0) is 64.5 Å². The van der Waals surface area contributed by atoms with Crippen LogP contribution < -0.4 is 0 Å².